The van der Waals surface area contributed by atoms with Crippen LogP contribution in [0, 0.1) is 5.92 Å². The van der Waals surface area contributed by atoms with Gasteiger partial charge in [-0.1, -0.05) is 25.1 Å². The number of nitrogens with zero attached hydrogens (tertiary/aromatic N) is 1. The lowest BCUT2D eigenvalue weighted by atomic mass is 10.2. The Bertz CT molecular complexity index is 465. The van der Waals surface area contributed by atoms with Crippen LogP contribution in [0.5, 0.6) is 5.75 Å². The van der Waals surface area contributed by atoms with Crippen LogP contribution in [0.1, 0.15) is 6.92 Å². The fraction of sp³-hybridized carbons (Fsp3) is 0.308. The first-order valence-corrected chi connectivity index (χ1v) is 5.48. The van der Waals surface area contributed by atoms with Gasteiger partial charge in [-0.15, -0.1) is 0 Å². The number of ether oxygens (including phenoxy) is 1. The fourth-order valence-corrected chi connectivity index (χ4v) is 1.49. The van der Waals surface area contributed by atoms with Crippen molar-refractivity contribution in [1.82, 2.24) is 4.98 Å². The topological polar surface area (TPSA) is 48.1 Å². The van der Waals surface area contributed by atoms with Gasteiger partial charge in [0, 0.05) is 17.5 Å². The van der Waals surface area contributed by atoms with Crippen molar-refractivity contribution in [3.8, 4) is 5.75 Å². The molecule has 2 N–H and O–H groups in total. The maximum absolute atomic E-state index is 5.73. The number of pyridine rings is 1. The maximum atomic E-state index is 5.73. The highest BCUT2D eigenvalue weighted by atomic mass is 16.5. The highest BCUT2D eigenvalue weighted by Gasteiger charge is 2.04. The molecule has 0 amide bonds. The molecule has 0 radical (unpaired) electrons. The van der Waals surface area contributed by atoms with Crippen molar-refractivity contribution in [3.05, 3.63) is 36.5 Å². The van der Waals surface area contributed by atoms with Gasteiger partial charge in [0.05, 0.1) is 6.61 Å². The van der Waals surface area contributed by atoms with Crippen LogP contribution < -0.4 is 10.5 Å². The van der Waals surface area contributed by atoms with Crippen molar-refractivity contribution in [2.45, 2.75) is 6.92 Å². The van der Waals surface area contributed by atoms with Crippen LogP contribution in [0.15, 0.2) is 36.5 Å². The van der Waals surface area contributed by atoms with Gasteiger partial charge < -0.3 is 10.5 Å². The molecule has 0 saturated heterocycles. The summed E-state index contributed by atoms with van der Waals surface area (Å²) in [5, 5.41) is 1.10. The Balaban J connectivity index is 2.23. The molecule has 3 heteroatoms. The molecule has 0 bridgehead atoms. The summed E-state index contributed by atoms with van der Waals surface area (Å²) in [6.45, 7) is 3.34. The van der Waals surface area contributed by atoms with Crippen molar-refractivity contribution < 1.29 is 4.74 Å². The SMILES string of the molecule is CC(CN)COc1cccc2cccnc12. The van der Waals surface area contributed by atoms with Gasteiger partial charge in [0.25, 0.3) is 0 Å². The third-order valence-corrected chi connectivity index (χ3v) is 2.52. The van der Waals surface area contributed by atoms with Crippen LogP contribution in [0.3, 0.4) is 0 Å². The smallest absolute Gasteiger partial charge is 0.145 e. The van der Waals surface area contributed by atoms with E-state index >= 15 is 0 Å². The average Bonchev–Trinajstić information content (AvgIpc) is 2.35. The van der Waals surface area contributed by atoms with Crippen LogP contribution in [0.4, 0.5) is 0 Å². The van der Waals surface area contributed by atoms with E-state index in [9.17, 15) is 0 Å². The van der Waals surface area contributed by atoms with Crippen LogP contribution >= 0.6 is 0 Å². The first kappa shape index (κ1) is 10.9. The largest absolute Gasteiger partial charge is 0.491 e. The molecule has 2 aromatic rings. The third-order valence-electron chi connectivity index (χ3n) is 2.52. The normalized spacial score (nSPS) is 12.6. The summed E-state index contributed by atoms with van der Waals surface area (Å²) >= 11 is 0. The number of nitrogens with two attached hydrogens (primary N) is 1. The average molecular weight is 216 g/mol. The molecular weight excluding hydrogens is 200 g/mol. The van der Waals surface area contributed by atoms with E-state index in [1.165, 1.54) is 0 Å². The second-order valence-electron chi connectivity index (χ2n) is 3.98. The lowest BCUT2D eigenvalue weighted by Gasteiger charge is -2.12. The highest BCUT2D eigenvalue weighted by Crippen LogP contribution is 2.23. The van der Waals surface area contributed by atoms with E-state index in [0.29, 0.717) is 19.1 Å². The van der Waals surface area contributed by atoms with E-state index in [1.807, 2.05) is 30.3 Å². The van der Waals surface area contributed by atoms with E-state index in [4.69, 9.17) is 10.5 Å². The number of fused-ring (bicyclic) bond motifs is 1. The molecule has 1 aromatic heterocycles. The summed E-state index contributed by atoms with van der Waals surface area (Å²) in [7, 11) is 0. The third kappa shape index (κ3) is 2.31. The Morgan fingerprint density at radius 2 is 2.12 bits per heavy atom. The second kappa shape index (κ2) is 4.94. The lowest BCUT2D eigenvalue weighted by Crippen LogP contribution is -2.18. The van der Waals surface area contributed by atoms with Gasteiger partial charge >= 0.3 is 0 Å². The molecular formula is C13H16N2O. The van der Waals surface area contributed by atoms with Crippen molar-refractivity contribution in [1.29, 1.82) is 0 Å². The number of hydrogen-bond donors (Lipinski definition) is 1. The van der Waals surface area contributed by atoms with Crippen molar-refractivity contribution in [2.24, 2.45) is 11.7 Å². The molecule has 0 spiro atoms. The van der Waals surface area contributed by atoms with Gasteiger partial charge in [-0.3, -0.25) is 4.98 Å². The first-order valence-electron chi connectivity index (χ1n) is 5.48. The Morgan fingerprint density at radius 1 is 1.31 bits per heavy atom. The molecule has 1 heterocycles. The Hall–Kier alpha value is -1.61. The van der Waals surface area contributed by atoms with Crippen molar-refractivity contribution >= 4 is 10.9 Å². The summed E-state index contributed by atoms with van der Waals surface area (Å²) in [5.41, 5.74) is 6.46. The summed E-state index contributed by atoms with van der Waals surface area (Å²) in [5.74, 6) is 1.19. The van der Waals surface area contributed by atoms with Crippen LogP contribution in [0.25, 0.3) is 10.9 Å². The zero-order chi connectivity index (χ0) is 11.4. The summed E-state index contributed by atoms with van der Waals surface area (Å²) in [6, 6.07) is 9.91. The predicted molar refractivity (Wildman–Crippen MR) is 65.5 cm³/mol. The summed E-state index contributed by atoms with van der Waals surface area (Å²) < 4.78 is 5.73. The molecule has 1 unspecified atom stereocenters. The Morgan fingerprint density at radius 3 is 2.94 bits per heavy atom. The molecule has 0 aliphatic rings. The monoisotopic (exact) mass is 216 g/mol. The molecule has 1 aromatic carbocycles. The van der Waals surface area contributed by atoms with Gasteiger partial charge in [-0.05, 0) is 18.7 Å². The minimum absolute atomic E-state index is 0.360. The molecule has 0 fully saturated rings. The molecule has 0 aliphatic heterocycles. The molecule has 0 aliphatic carbocycles. The van der Waals surface area contributed by atoms with Crippen LogP contribution in [-0.2, 0) is 0 Å². The maximum Gasteiger partial charge on any atom is 0.145 e. The fourth-order valence-electron chi connectivity index (χ4n) is 1.49. The molecule has 0 saturated carbocycles. The van der Waals surface area contributed by atoms with Gasteiger partial charge in [0.1, 0.15) is 11.3 Å². The van der Waals surface area contributed by atoms with E-state index in [2.05, 4.69) is 11.9 Å². The van der Waals surface area contributed by atoms with E-state index in [0.717, 1.165) is 16.7 Å². The van der Waals surface area contributed by atoms with Gasteiger partial charge in [0.15, 0.2) is 0 Å². The van der Waals surface area contributed by atoms with Gasteiger partial charge in [-0.25, -0.2) is 0 Å². The Labute approximate surface area is 95.2 Å². The van der Waals surface area contributed by atoms with E-state index in [1.54, 1.807) is 6.20 Å². The lowest BCUT2D eigenvalue weighted by molar-refractivity contribution is 0.266. The van der Waals surface area contributed by atoms with Gasteiger partial charge in [0.2, 0.25) is 0 Å². The first-order chi connectivity index (χ1) is 7.81. The Kier molecular flexibility index (Phi) is 3.37. The minimum Gasteiger partial charge on any atom is -0.491 e. The van der Waals surface area contributed by atoms with Gasteiger partial charge in [-0.2, -0.15) is 0 Å². The highest BCUT2D eigenvalue weighted by molar-refractivity contribution is 5.84. The number of para-hydroxylation sites is 1. The van der Waals surface area contributed by atoms with Crippen molar-refractivity contribution in [2.75, 3.05) is 13.2 Å². The molecule has 84 valence electrons. The number of aromatic nitrogens is 1. The number of hydrogen-bond acceptors (Lipinski definition) is 3. The second-order valence-corrected chi connectivity index (χ2v) is 3.98. The quantitative estimate of drug-likeness (QED) is 0.852. The molecule has 1 atom stereocenters. The zero-order valence-corrected chi connectivity index (χ0v) is 9.39. The summed E-state index contributed by atoms with van der Waals surface area (Å²) in [6.07, 6.45) is 1.78. The van der Waals surface area contributed by atoms with Crippen LogP contribution in [-0.4, -0.2) is 18.1 Å². The van der Waals surface area contributed by atoms with Crippen LogP contribution in [0.2, 0.25) is 0 Å². The van der Waals surface area contributed by atoms with Crippen molar-refractivity contribution in [3.63, 3.8) is 0 Å². The minimum atomic E-state index is 0.360. The summed E-state index contributed by atoms with van der Waals surface area (Å²) in [4.78, 5) is 4.33. The molecule has 3 nitrogen and oxygen atoms in total. The number of rotatable bonds is 4. The van der Waals surface area contributed by atoms with E-state index < -0.39 is 0 Å². The van der Waals surface area contributed by atoms with E-state index in [-0.39, 0.29) is 0 Å². The predicted octanol–water partition coefficient (Wildman–Crippen LogP) is 2.21. The standard InChI is InChI=1S/C13H16N2O/c1-10(8-14)9-16-12-6-2-4-11-5-3-7-15-13(11)12/h2-7,10H,8-9,14H2,1H3. The zero-order valence-electron chi connectivity index (χ0n) is 9.39. The number of benzene rings is 1. The molecule has 16 heavy (non-hydrogen) atoms. The molecule has 2 rings (SSSR count).